The lowest BCUT2D eigenvalue weighted by Gasteiger charge is -2.06. The number of nitro benzene ring substituents is 1. The van der Waals surface area contributed by atoms with Crippen molar-refractivity contribution in [2.45, 2.75) is 0 Å². The molecule has 0 heterocycles. The summed E-state index contributed by atoms with van der Waals surface area (Å²) in [5.41, 5.74) is -0.386. The number of benzene rings is 2. The maximum absolute atomic E-state index is 13.0. The Labute approximate surface area is 111 Å². The highest BCUT2D eigenvalue weighted by Crippen LogP contribution is 2.32. The number of nitriles is 1. The lowest BCUT2D eigenvalue weighted by molar-refractivity contribution is -0.385. The molecule has 0 radical (unpaired) electrons. The number of hydrogen-bond acceptors (Lipinski definition) is 4. The molecule has 0 aromatic heterocycles. The lowest BCUT2D eigenvalue weighted by Crippen LogP contribution is -1.95. The Kier molecular flexibility index (Phi) is 3.57. The molecule has 0 N–H and O–H groups in total. The van der Waals surface area contributed by atoms with Gasteiger partial charge >= 0.3 is 5.69 Å². The molecule has 7 heteroatoms. The molecule has 0 amide bonds. The summed E-state index contributed by atoms with van der Waals surface area (Å²) in [7, 11) is 0. The molecule has 0 aliphatic heterocycles. The van der Waals surface area contributed by atoms with Crippen molar-refractivity contribution in [3.05, 3.63) is 63.7 Å². The van der Waals surface area contributed by atoms with E-state index in [0.29, 0.717) is 6.07 Å². The Balaban J connectivity index is 2.43. The van der Waals surface area contributed by atoms with Gasteiger partial charge in [0.2, 0.25) is 5.75 Å². The fourth-order valence-electron chi connectivity index (χ4n) is 1.53. The zero-order valence-electron chi connectivity index (χ0n) is 9.84. The van der Waals surface area contributed by atoms with E-state index < -0.39 is 22.2 Å². The fraction of sp³-hybridized carbons (Fsp3) is 0. The predicted molar refractivity (Wildman–Crippen MR) is 64.2 cm³/mol. The van der Waals surface area contributed by atoms with Gasteiger partial charge in [-0.15, -0.1) is 0 Å². The van der Waals surface area contributed by atoms with Crippen molar-refractivity contribution in [1.82, 2.24) is 0 Å². The van der Waals surface area contributed by atoms with Gasteiger partial charge in [-0.1, -0.05) is 0 Å². The summed E-state index contributed by atoms with van der Waals surface area (Å²) in [6.45, 7) is 0. The third-order valence-electron chi connectivity index (χ3n) is 2.35. The normalized spacial score (nSPS) is 9.85. The van der Waals surface area contributed by atoms with E-state index in [0.717, 1.165) is 18.2 Å². The molecular formula is C13H6F2N2O3. The third-order valence-corrected chi connectivity index (χ3v) is 2.35. The number of rotatable bonds is 3. The molecule has 0 fully saturated rings. The molecule has 0 spiro atoms. The van der Waals surface area contributed by atoms with Crippen LogP contribution in [0.15, 0.2) is 36.4 Å². The van der Waals surface area contributed by atoms with Gasteiger partial charge in [-0.2, -0.15) is 5.26 Å². The first-order chi connectivity index (χ1) is 9.49. The van der Waals surface area contributed by atoms with Gasteiger partial charge in [0.05, 0.1) is 16.6 Å². The largest absolute Gasteiger partial charge is 0.450 e. The van der Waals surface area contributed by atoms with Gasteiger partial charge in [0.1, 0.15) is 17.4 Å². The summed E-state index contributed by atoms with van der Waals surface area (Å²) in [6.07, 6.45) is 0. The van der Waals surface area contributed by atoms with Gasteiger partial charge in [0.25, 0.3) is 0 Å². The Morgan fingerprint density at radius 3 is 2.35 bits per heavy atom. The van der Waals surface area contributed by atoms with E-state index in [1.54, 1.807) is 6.07 Å². The minimum atomic E-state index is -0.865. The number of halogens is 2. The maximum atomic E-state index is 13.0. The summed E-state index contributed by atoms with van der Waals surface area (Å²) in [5.74, 6) is -2.15. The molecule has 0 aliphatic rings. The first-order valence-electron chi connectivity index (χ1n) is 5.32. The van der Waals surface area contributed by atoms with E-state index >= 15 is 0 Å². The molecule has 0 saturated carbocycles. The molecule has 0 saturated heterocycles. The van der Waals surface area contributed by atoms with Crippen molar-refractivity contribution in [2.75, 3.05) is 0 Å². The van der Waals surface area contributed by atoms with Gasteiger partial charge in [-0.25, -0.2) is 8.78 Å². The Hall–Kier alpha value is -3.01. The average molecular weight is 276 g/mol. The SMILES string of the molecule is N#Cc1ccc(Oc2cc(F)cc(F)c2)c([N+](=O)[O-])c1. The van der Waals surface area contributed by atoms with E-state index in [1.807, 2.05) is 0 Å². The van der Waals surface area contributed by atoms with Gasteiger partial charge in [0, 0.05) is 24.3 Å². The highest BCUT2D eigenvalue weighted by molar-refractivity contribution is 5.53. The molecule has 2 aromatic carbocycles. The lowest BCUT2D eigenvalue weighted by atomic mass is 10.2. The summed E-state index contributed by atoms with van der Waals surface area (Å²) >= 11 is 0. The van der Waals surface area contributed by atoms with Crippen molar-refractivity contribution in [1.29, 1.82) is 5.26 Å². The first-order valence-corrected chi connectivity index (χ1v) is 5.32. The smallest absolute Gasteiger partial charge is 0.312 e. The van der Waals surface area contributed by atoms with E-state index in [-0.39, 0.29) is 17.1 Å². The van der Waals surface area contributed by atoms with Crippen LogP contribution in [-0.2, 0) is 0 Å². The Bertz CT molecular complexity index is 706. The van der Waals surface area contributed by atoms with Crippen molar-refractivity contribution in [3.63, 3.8) is 0 Å². The van der Waals surface area contributed by atoms with Crippen LogP contribution >= 0.6 is 0 Å². The molecule has 20 heavy (non-hydrogen) atoms. The first kappa shape index (κ1) is 13.4. The van der Waals surface area contributed by atoms with Crippen LogP contribution < -0.4 is 4.74 Å². The number of nitrogens with zero attached hydrogens (tertiary/aromatic N) is 2. The van der Waals surface area contributed by atoms with Crippen LogP contribution in [0.3, 0.4) is 0 Å². The predicted octanol–water partition coefficient (Wildman–Crippen LogP) is 3.54. The monoisotopic (exact) mass is 276 g/mol. The Morgan fingerprint density at radius 2 is 1.80 bits per heavy atom. The summed E-state index contributed by atoms with van der Waals surface area (Å²) in [4.78, 5) is 10.1. The fourth-order valence-corrected chi connectivity index (χ4v) is 1.53. The van der Waals surface area contributed by atoms with Crippen LogP contribution in [0, 0.1) is 33.1 Å². The van der Waals surface area contributed by atoms with Gasteiger partial charge in [-0.3, -0.25) is 10.1 Å². The highest BCUT2D eigenvalue weighted by Gasteiger charge is 2.17. The topological polar surface area (TPSA) is 76.2 Å². The maximum Gasteiger partial charge on any atom is 0.312 e. The zero-order chi connectivity index (χ0) is 14.7. The van der Waals surface area contributed by atoms with Crippen LogP contribution in [0.2, 0.25) is 0 Å². The highest BCUT2D eigenvalue weighted by atomic mass is 19.1. The van der Waals surface area contributed by atoms with Crippen LogP contribution in [0.25, 0.3) is 0 Å². The molecule has 0 bridgehead atoms. The molecule has 2 aromatic rings. The van der Waals surface area contributed by atoms with Gasteiger partial charge in [-0.05, 0) is 12.1 Å². The molecule has 100 valence electrons. The summed E-state index contributed by atoms with van der Waals surface area (Å²) in [6, 6.07) is 7.71. The molecule has 0 unspecified atom stereocenters. The molecule has 0 aliphatic carbocycles. The van der Waals surface area contributed by atoms with Gasteiger partial charge in [0.15, 0.2) is 0 Å². The number of nitro groups is 1. The van der Waals surface area contributed by atoms with E-state index in [1.165, 1.54) is 12.1 Å². The third kappa shape index (κ3) is 2.87. The zero-order valence-corrected chi connectivity index (χ0v) is 9.84. The minimum Gasteiger partial charge on any atom is -0.450 e. The second kappa shape index (κ2) is 5.32. The second-order valence-electron chi connectivity index (χ2n) is 3.76. The van der Waals surface area contributed by atoms with Crippen LogP contribution in [-0.4, -0.2) is 4.92 Å². The van der Waals surface area contributed by atoms with Crippen LogP contribution in [0.1, 0.15) is 5.56 Å². The van der Waals surface area contributed by atoms with E-state index in [9.17, 15) is 18.9 Å². The van der Waals surface area contributed by atoms with Crippen molar-refractivity contribution in [2.24, 2.45) is 0 Å². The Morgan fingerprint density at radius 1 is 1.15 bits per heavy atom. The quantitative estimate of drug-likeness (QED) is 0.634. The molecular weight excluding hydrogens is 270 g/mol. The summed E-state index contributed by atoms with van der Waals surface area (Å²) < 4.78 is 31.1. The standard InChI is InChI=1S/C13H6F2N2O3/c14-9-4-10(15)6-11(5-9)20-13-2-1-8(7-16)3-12(13)17(18)19/h1-6H. The number of hydrogen-bond donors (Lipinski definition) is 0. The van der Waals surface area contributed by atoms with Crippen molar-refractivity contribution in [3.8, 4) is 17.6 Å². The average Bonchev–Trinajstić information content (AvgIpc) is 2.37. The van der Waals surface area contributed by atoms with Crippen molar-refractivity contribution >= 4 is 5.69 Å². The van der Waals surface area contributed by atoms with E-state index in [4.69, 9.17) is 10.00 Å². The van der Waals surface area contributed by atoms with Crippen LogP contribution in [0.4, 0.5) is 14.5 Å². The number of ether oxygens (including phenoxy) is 1. The molecule has 0 atom stereocenters. The van der Waals surface area contributed by atoms with Gasteiger partial charge < -0.3 is 4.74 Å². The minimum absolute atomic E-state index is 0.0782. The van der Waals surface area contributed by atoms with E-state index in [2.05, 4.69) is 0 Å². The van der Waals surface area contributed by atoms with Crippen LogP contribution in [0.5, 0.6) is 11.5 Å². The molecule has 2 rings (SSSR count). The molecule has 5 nitrogen and oxygen atoms in total. The second-order valence-corrected chi connectivity index (χ2v) is 3.76. The van der Waals surface area contributed by atoms with Crippen molar-refractivity contribution < 1.29 is 18.4 Å². The summed E-state index contributed by atoms with van der Waals surface area (Å²) in [5, 5.41) is 19.6.